The molecule has 2 aromatic rings. The summed E-state index contributed by atoms with van der Waals surface area (Å²) in [5.41, 5.74) is 3.01. The van der Waals surface area contributed by atoms with Gasteiger partial charge in [0.1, 0.15) is 5.75 Å². The molecule has 0 spiro atoms. The lowest BCUT2D eigenvalue weighted by atomic mass is 10.0. The fraction of sp³-hybridized carbons (Fsp3) is 0.167. The minimum absolute atomic E-state index is 0.136. The molecule has 23 heavy (non-hydrogen) atoms. The Balaban J connectivity index is 2.14. The monoisotopic (exact) mass is 311 g/mol. The lowest BCUT2D eigenvalue weighted by Gasteiger charge is -2.12. The van der Waals surface area contributed by atoms with Gasteiger partial charge < -0.3 is 19.5 Å². The van der Waals surface area contributed by atoms with Gasteiger partial charge in [-0.3, -0.25) is 4.79 Å². The number of methoxy groups -OCH3 is 3. The second-order valence-electron chi connectivity index (χ2n) is 5.01. The van der Waals surface area contributed by atoms with Gasteiger partial charge in [-0.15, -0.1) is 0 Å². The zero-order valence-electron chi connectivity index (χ0n) is 13.2. The molecule has 5 nitrogen and oxygen atoms in total. The zero-order valence-corrected chi connectivity index (χ0v) is 13.2. The quantitative estimate of drug-likeness (QED) is 0.881. The van der Waals surface area contributed by atoms with Crippen LogP contribution in [0.5, 0.6) is 17.2 Å². The molecule has 0 fully saturated rings. The highest BCUT2D eigenvalue weighted by Crippen LogP contribution is 2.38. The van der Waals surface area contributed by atoms with Crippen molar-refractivity contribution in [1.29, 1.82) is 0 Å². The number of para-hydroxylation sites is 1. The van der Waals surface area contributed by atoms with Gasteiger partial charge in [-0.2, -0.15) is 0 Å². The van der Waals surface area contributed by atoms with Crippen molar-refractivity contribution < 1.29 is 19.0 Å². The van der Waals surface area contributed by atoms with Crippen LogP contribution in [-0.4, -0.2) is 27.2 Å². The van der Waals surface area contributed by atoms with Crippen LogP contribution in [0.2, 0.25) is 0 Å². The number of hydrogen-bond acceptors (Lipinski definition) is 4. The first-order chi connectivity index (χ1) is 11.2. The number of rotatable bonds is 4. The van der Waals surface area contributed by atoms with Gasteiger partial charge in [0.2, 0.25) is 0 Å². The van der Waals surface area contributed by atoms with Crippen LogP contribution >= 0.6 is 0 Å². The Morgan fingerprint density at radius 1 is 0.913 bits per heavy atom. The summed E-state index contributed by atoms with van der Waals surface area (Å²) in [4.78, 5) is 12.2. The number of fused-ring (bicyclic) bond motifs is 1. The van der Waals surface area contributed by atoms with Crippen molar-refractivity contribution in [3.8, 4) is 17.2 Å². The zero-order chi connectivity index (χ0) is 16.4. The van der Waals surface area contributed by atoms with Crippen molar-refractivity contribution in [3.63, 3.8) is 0 Å². The maximum Gasteiger partial charge on any atom is 0.256 e. The molecule has 0 aliphatic carbocycles. The lowest BCUT2D eigenvalue weighted by molar-refractivity contribution is -0.110. The highest BCUT2D eigenvalue weighted by molar-refractivity contribution is 6.35. The summed E-state index contributed by atoms with van der Waals surface area (Å²) in [5, 5.41) is 2.85. The molecule has 1 heterocycles. The van der Waals surface area contributed by atoms with Crippen molar-refractivity contribution in [3.05, 3.63) is 47.5 Å². The topological polar surface area (TPSA) is 56.8 Å². The Morgan fingerprint density at radius 2 is 1.57 bits per heavy atom. The predicted molar refractivity (Wildman–Crippen MR) is 89.0 cm³/mol. The van der Waals surface area contributed by atoms with Crippen LogP contribution in [0.25, 0.3) is 11.6 Å². The van der Waals surface area contributed by atoms with Gasteiger partial charge in [0.05, 0.1) is 21.3 Å². The normalized spacial score (nSPS) is 14.4. The van der Waals surface area contributed by atoms with Crippen LogP contribution in [-0.2, 0) is 4.79 Å². The molecule has 1 aliphatic heterocycles. The van der Waals surface area contributed by atoms with Crippen molar-refractivity contribution in [2.45, 2.75) is 0 Å². The molecular formula is C18H17NO4. The summed E-state index contributed by atoms with van der Waals surface area (Å²) in [6.45, 7) is 0. The summed E-state index contributed by atoms with van der Waals surface area (Å²) in [5.74, 6) is 1.62. The first-order valence-electron chi connectivity index (χ1n) is 7.10. The van der Waals surface area contributed by atoms with Crippen LogP contribution in [0.4, 0.5) is 5.69 Å². The molecule has 0 atom stereocenters. The van der Waals surface area contributed by atoms with Crippen LogP contribution in [0.3, 0.4) is 0 Å². The highest BCUT2D eigenvalue weighted by Gasteiger charge is 2.24. The smallest absolute Gasteiger partial charge is 0.256 e. The molecule has 0 saturated heterocycles. The summed E-state index contributed by atoms with van der Waals surface area (Å²) >= 11 is 0. The summed E-state index contributed by atoms with van der Waals surface area (Å²) in [6.07, 6.45) is 1.79. The maximum absolute atomic E-state index is 12.2. The first-order valence-corrected chi connectivity index (χ1v) is 7.10. The molecule has 0 radical (unpaired) electrons. The van der Waals surface area contributed by atoms with E-state index in [1.165, 1.54) is 0 Å². The fourth-order valence-electron chi connectivity index (χ4n) is 2.60. The van der Waals surface area contributed by atoms with E-state index in [0.29, 0.717) is 22.8 Å². The summed E-state index contributed by atoms with van der Waals surface area (Å²) < 4.78 is 16.0. The summed E-state index contributed by atoms with van der Waals surface area (Å²) in [7, 11) is 4.71. The highest BCUT2D eigenvalue weighted by atomic mass is 16.5. The van der Waals surface area contributed by atoms with E-state index in [9.17, 15) is 4.79 Å². The first kappa shape index (κ1) is 15.0. The molecule has 1 aliphatic rings. The molecule has 1 N–H and O–H groups in total. The number of carbonyl (C=O) groups is 1. The minimum atomic E-state index is -0.136. The van der Waals surface area contributed by atoms with Gasteiger partial charge in [0.25, 0.3) is 5.91 Å². The molecule has 0 unspecified atom stereocenters. The number of amides is 1. The predicted octanol–water partition coefficient (Wildman–Crippen LogP) is 3.21. The second-order valence-corrected chi connectivity index (χ2v) is 5.01. The fourth-order valence-corrected chi connectivity index (χ4v) is 2.60. The van der Waals surface area contributed by atoms with Crippen LogP contribution < -0.4 is 19.5 Å². The van der Waals surface area contributed by atoms with Crippen LogP contribution in [0, 0.1) is 0 Å². The van der Waals surface area contributed by atoms with Crippen LogP contribution in [0.15, 0.2) is 36.4 Å². The van der Waals surface area contributed by atoms with Gasteiger partial charge >= 0.3 is 0 Å². The molecule has 1 amide bonds. The van der Waals surface area contributed by atoms with E-state index in [2.05, 4.69) is 5.32 Å². The number of hydrogen-bond donors (Lipinski definition) is 1. The molecule has 0 bridgehead atoms. The van der Waals surface area contributed by atoms with E-state index in [0.717, 1.165) is 16.8 Å². The van der Waals surface area contributed by atoms with Gasteiger partial charge in [-0.1, -0.05) is 18.2 Å². The number of anilines is 1. The van der Waals surface area contributed by atoms with Crippen molar-refractivity contribution in [2.24, 2.45) is 0 Å². The third-order valence-corrected chi connectivity index (χ3v) is 3.75. The molecule has 0 aromatic heterocycles. The number of nitrogens with one attached hydrogen (secondary N) is 1. The number of ether oxygens (including phenoxy) is 3. The third kappa shape index (κ3) is 2.61. The third-order valence-electron chi connectivity index (χ3n) is 3.75. The van der Waals surface area contributed by atoms with Crippen molar-refractivity contribution >= 4 is 23.2 Å². The van der Waals surface area contributed by atoms with E-state index in [-0.39, 0.29) is 5.91 Å². The largest absolute Gasteiger partial charge is 0.496 e. The molecule has 0 saturated carbocycles. The van der Waals surface area contributed by atoms with Gasteiger partial charge in [-0.05, 0) is 18.2 Å². The van der Waals surface area contributed by atoms with Crippen LogP contribution in [0.1, 0.15) is 11.1 Å². The lowest BCUT2D eigenvalue weighted by Crippen LogP contribution is -2.03. The Morgan fingerprint density at radius 3 is 2.26 bits per heavy atom. The molecule has 118 valence electrons. The summed E-state index contributed by atoms with van der Waals surface area (Å²) in [6, 6.07) is 11.1. The Labute approximate surface area is 134 Å². The molecule has 5 heteroatoms. The van der Waals surface area contributed by atoms with E-state index >= 15 is 0 Å². The Bertz CT molecular complexity index is 796. The minimum Gasteiger partial charge on any atom is -0.496 e. The Kier molecular flexibility index (Phi) is 3.93. The van der Waals surface area contributed by atoms with Gasteiger partial charge in [0.15, 0.2) is 11.5 Å². The molecule has 2 aromatic carbocycles. The van der Waals surface area contributed by atoms with Gasteiger partial charge in [-0.25, -0.2) is 0 Å². The second kappa shape index (κ2) is 6.04. The van der Waals surface area contributed by atoms with Crippen molar-refractivity contribution in [1.82, 2.24) is 0 Å². The van der Waals surface area contributed by atoms with E-state index in [4.69, 9.17) is 14.2 Å². The molecule has 3 rings (SSSR count). The number of carbonyl (C=O) groups excluding carboxylic acids is 1. The van der Waals surface area contributed by atoms with E-state index in [1.807, 2.05) is 24.3 Å². The van der Waals surface area contributed by atoms with E-state index in [1.54, 1.807) is 39.5 Å². The Hall–Kier alpha value is -2.95. The standard InChI is InChI=1S/C18H17NO4/c1-21-15-10-17(23-3)16(22-2)9-11(15)8-13-12-6-4-5-7-14(12)19-18(13)20/h4-10H,1-3H3,(H,19,20)/b13-8+. The number of benzene rings is 2. The average Bonchev–Trinajstić information content (AvgIpc) is 2.90. The van der Waals surface area contributed by atoms with Gasteiger partial charge in [0, 0.05) is 28.5 Å². The maximum atomic E-state index is 12.2. The van der Waals surface area contributed by atoms with Crippen molar-refractivity contribution in [2.75, 3.05) is 26.6 Å². The van der Waals surface area contributed by atoms with E-state index < -0.39 is 0 Å². The molecular weight excluding hydrogens is 294 g/mol. The average molecular weight is 311 g/mol. The SMILES string of the molecule is COc1cc(OC)c(OC)cc1/C=C1/C(=O)Nc2ccccc21.